The van der Waals surface area contributed by atoms with Gasteiger partial charge in [0.05, 0.1) is 14.2 Å². The summed E-state index contributed by atoms with van der Waals surface area (Å²) >= 11 is 6.17. The molecule has 24 heavy (non-hydrogen) atoms. The van der Waals surface area contributed by atoms with E-state index in [1.54, 1.807) is 30.3 Å². The average Bonchev–Trinajstić information content (AvgIpc) is 2.59. The maximum absolute atomic E-state index is 12.8. The summed E-state index contributed by atoms with van der Waals surface area (Å²) < 4.78 is 23.2. The highest BCUT2D eigenvalue weighted by molar-refractivity contribution is 6.31. The molecule has 0 radical (unpaired) electrons. The Balaban J connectivity index is 1.99. The van der Waals surface area contributed by atoms with Gasteiger partial charge in [-0.25, -0.2) is 4.39 Å². The summed E-state index contributed by atoms with van der Waals surface area (Å²) in [6.45, 7) is 0.242. The lowest BCUT2D eigenvalue weighted by atomic mass is 10.2. The highest BCUT2D eigenvalue weighted by Crippen LogP contribution is 2.32. The Morgan fingerprint density at radius 3 is 2.42 bits per heavy atom. The first-order chi connectivity index (χ1) is 11.5. The number of amides is 1. The standard InChI is InChI=1S/C18H17ClFNO3/c1-23-16-9-13(15(19)10-17(16)24-2)11-21-18(22)8-5-12-3-6-14(20)7-4-12/h3-10H,11H2,1-2H3,(H,21,22)/b8-5+. The molecule has 0 fully saturated rings. The predicted molar refractivity (Wildman–Crippen MR) is 91.8 cm³/mol. The molecule has 0 atom stereocenters. The van der Waals surface area contributed by atoms with Crippen molar-refractivity contribution in [2.75, 3.05) is 14.2 Å². The van der Waals surface area contributed by atoms with Crippen molar-refractivity contribution in [1.82, 2.24) is 5.32 Å². The van der Waals surface area contributed by atoms with Gasteiger partial charge in [-0.3, -0.25) is 4.79 Å². The van der Waals surface area contributed by atoms with Crippen LogP contribution in [0.5, 0.6) is 11.5 Å². The molecule has 1 N–H and O–H groups in total. The normalized spacial score (nSPS) is 10.7. The zero-order valence-electron chi connectivity index (χ0n) is 13.3. The molecule has 6 heteroatoms. The Kier molecular flexibility index (Phi) is 6.21. The summed E-state index contributed by atoms with van der Waals surface area (Å²) in [5.41, 5.74) is 1.44. The number of carbonyl (C=O) groups is 1. The molecule has 126 valence electrons. The van der Waals surface area contributed by atoms with Crippen LogP contribution < -0.4 is 14.8 Å². The largest absolute Gasteiger partial charge is 0.493 e. The molecule has 0 aliphatic heterocycles. The van der Waals surface area contributed by atoms with Gasteiger partial charge in [0.15, 0.2) is 11.5 Å². The molecule has 0 spiro atoms. The number of methoxy groups -OCH3 is 2. The van der Waals surface area contributed by atoms with Gasteiger partial charge in [-0.2, -0.15) is 0 Å². The number of ether oxygens (including phenoxy) is 2. The SMILES string of the molecule is COc1cc(Cl)c(CNC(=O)/C=C/c2ccc(F)cc2)cc1OC. The number of benzene rings is 2. The first-order valence-electron chi connectivity index (χ1n) is 7.15. The fourth-order valence-corrected chi connectivity index (χ4v) is 2.24. The molecule has 0 bridgehead atoms. The van der Waals surface area contributed by atoms with Crippen LogP contribution in [-0.4, -0.2) is 20.1 Å². The number of nitrogens with one attached hydrogen (secondary N) is 1. The van der Waals surface area contributed by atoms with E-state index < -0.39 is 0 Å². The fourth-order valence-electron chi connectivity index (χ4n) is 2.02. The third kappa shape index (κ3) is 4.73. The minimum absolute atomic E-state index is 0.242. The van der Waals surface area contributed by atoms with Gasteiger partial charge in [-0.05, 0) is 35.4 Å². The second-order valence-corrected chi connectivity index (χ2v) is 5.31. The Hall–Kier alpha value is -2.53. The van der Waals surface area contributed by atoms with E-state index in [9.17, 15) is 9.18 Å². The van der Waals surface area contributed by atoms with Gasteiger partial charge in [0.25, 0.3) is 0 Å². The van der Waals surface area contributed by atoms with Gasteiger partial charge in [0.2, 0.25) is 5.91 Å². The van der Waals surface area contributed by atoms with E-state index in [1.165, 1.54) is 32.4 Å². The molecule has 0 heterocycles. The zero-order valence-corrected chi connectivity index (χ0v) is 14.1. The average molecular weight is 350 g/mol. The van der Waals surface area contributed by atoms with Crippen LogP contribution in [0.4, 0.5) is 4.39 Å². The van der Waals surface area contributed by atoms with Crippen LogP contribution >= 0.6 is 11.6 Å². The zero-order chi connectivity index (χ0) is 17.5. The smallest absolute Gasteiger partial charge is 0.244 e. The molecular formula is C18H17ClFNO3. The molecule has 0 saturated carbocycles. The van der Waals surface area contributed by atoms with E-state index >= 15 is 0 Å². The van der Waals surface area contributed by atoms with Crippen LogP contribution in [0, 0.1) is 5.82 Å². The quantitative estimate of drug-likeness (QED) is 0.806. The van der Waals surface area contributed by atoms with Crippen LogP contribution in [-0.2, 0) is 11.3 Å². The molecule has 1 amide bonds. The van der Waals surface area contributed by atoms with Crippen molar-refractivity contribution in [3.05, 3.63) is 64.4 Å². The number of rotatable bonds is 6. The van der Waals surface area contributed by atoms with Crippen LogP contribution in [0.3, 0.4) is 0 Å². The highest BCUT2D eigenvalue weighted by atomic mass is 35.5. The van der Waals surface area contributed by atoms with Gasteiger partial charge in [0, 0.05) is 23.7 Å². The van der Waals surface area contributed by atoms with E-state index in [0.717, 1.165) is 5.56 Å². The first kappa shape index (κ1) is 17.8. The van der Waals surface area contributed by atoms with Crippen molar-refractivity contribution < 1.29 is 18.7 Å². The van der Waals surface area contributed by atoms with Gasteiger partial charge in [-0.15, -0.1) is 0 Å². The molecule has 0 aliphatic carbocycles. The Morgan fingerprint density at radius 2 is 1.79 bits per heavy atom. The predicted octanol–water partition coefficient (Wildman–Crippen LogP) is 3.83. The van der Waals surface area contributed by atoms with Crippen LogP contribution in [0.15, 0.2) is 42.5 Å². The summed E-state index contributed by atoms with van der Waals surface area (Å²) in [7, 11) is 3.05. The van der Waals surface area contributed by atoms with Crippen LogP contribution in [0.1, 0.15) is 11.1 Å². The van der Waals surface area contributed by atoms with Gasteiger partial charge < -0.3 is 14.8 Å². The number of hydrogen-bond donors (Lipinski definition) is 1. The first-order valence-corrected chi connectivity index (χ1v) is 7.53. The topological polar surface area (TPSA) is 47.6 Å². The monoisotopic (exact) mass is 349 g/mol. The second kappa shape index (κ2) is 8.36. The van der Waals surface area contributed by atoms with Gasteiger partial charge in [0.1, 0.15) is 5.82 Å². The van der Waals surface area contributed by atoms with Crippen LogP contribution in [0.25, 0.3) is 6.08 Å². The van der Waals surface area contributed by atoms with Gasteiger partial charge >= 0.3 is 0 Å². The summed E-state index contributed by atoms with van der Waals surface area (Å²) in [6, 6.07) is 9.19. The minimum atomic E-state index is -0.320. The fraction of sp³-hybridized carbons (Fsp3) is 0.167. The third-order valence-corrected chi connectivity index (χ3v) is 3.65. The van der Waals surface area contributed by atoms with Crippen molar-refractivity contribution in [2.24, 2.45) is 0 Å². The number of carbonyl (C=O) groups excluding carboxylic acids is 1. The van der Waals surface area contributed by atoms with Crippen molar-refractivity contribution in [2.45, 2.75) is 6.54 Å². The summed E-state index contributed by atoms with van der Waals surface area (Å²) in [5.74, 6) is 0.451. The molecule has 2 aromatic carbocycles. The lowest BCUT2D eigenvalue weighted by molar-refractivity contribution is -0.116. The summed E-state index contributed by atoms with van der Waals surface area (Å²) in [4.78, 5) is 11.9. The lowest BCUT2D eigenvalue weighted by Gasteiger charge is -2.11. The van der Waals surface area contributed by atoms with Crippen molar-refractivity contribution >= 4 is 23.6 Å². The number of halogens is 2. The van der Waals surface area contributed by atoms with E-state index in [4.69, 9.17) is 21.1 Å². The van der Waals surface area contributed by atoms with Crippen molar-refractivity contribution in [1.29, 1.82) is 0 Å². The highest BCUT2D eigenvalue weighted by Gasteiger charge is 2.10. The Labute approximate surface area is 144 Å². The van der Waals surface area contributed by atoms with E-state index in [2.05, 4.69) is 5.32 Å². The third-order valence-electron chi connectivity index (χ3n) is 3.30. The molecule has 2 aromatic rings. The Morgan fingerprint density at radius 1 is 1.17 bits per heavy atom. The molecule has 0 aliphatic rings. The van der Waals surface area contributed by atoms with Crippen molar-refractivity contribution in [3.63, 3.8) is 0 Å². The number of hydrogen-bond acceptors (Lipinski definition) is 3. The summed E-state index contributed by atoms with van der Waals surface area (Å²) in [5, 5.41) is 3.20. The van der Waals surface area contributed by atoms with Crippen LogP contribution in [0.2, 0.25) is 5.02 Å². The van der Waals surface area contributed by atoms with E-state index in [0.29, 0.717) is 22.1 Å². The minimum Gasteiger partial charge on any atom is -0.493 e. The molecule has 0 unspecified atom stereocenters. The molecule has 4 nitrogen and oxygen atoms in total. The Bertz CT molecular complexity index is 745. The lowest BCUT2D eigenvalue weighted by Crippen LogP contribution is -2.20. The van der Waals surface area contributed by atoms with E-state index in [-0.39, 0.29) is 18.3 Å². The van der Waals surface area contributed by atoms with Crippen molar-refractivity contribution in [3.8, 4) is 11.5 Å². The van der Waals surface area contributed by atoms with E-state index in [1.807, 2.05) is 0 Å². The molecule has 0 saturated heterocycles. The maximum Gasteiger partial charge on any atom is 0.244 e. The molecule has 2 rings (SSSR count). The second-order valence-electron chi connectivity index (χ2n) is 4.90. The summed E-state index contributed by atoms with van der Waals surface area (Å²) in [6.07, 6.45) is 2.98. The maximum atomic E-state index is 12.8. The molecular weight excluding hydrogens is 333 g/mol. The van der Waals surface area contributed by atoms with Gasteiger partial charge in [-0.1, -0.05) is 23.7 Å². The molecule has 0 aromatic heterocycles.